The summed E-state index contributed by atoms with van der Waals surface area (Å²) in [6, 6.07) is 0.164. The highest BCUT2D eigenvalue weighted by atomic mass is 16.5. The van der Waals surface area contributed by atoms with E-state index in [1.165, 1.54) is 0 Å². The van der Waals surface area contributed by atoms with Crippen LogP contribution in [0.4, 0.5) is 0 Å². The van der Waals surface area contributed by atoms with Gasteiger partial charge in [-0.25, -0.2) is 0 Å². The van der Waals surface area contributed by atoms with Crippen LogP contribution in [-0.2, 0) is 9.53 Å². The Hall–Kier alpha value is -1.30. The number of nitrogens with two attached hydrogens (primary N) is 1. The Bertz CT molecular complexity index is 361. The summed E-state index contributed by atoms with van der Waals surface area (Å²) >= 11 is 0. The van der Waals surface area contributed by atoms with Crippen molar-refractivity contribution in [1.82, 2.24) is 4.90 Å². The Balaban J connectivity index is 3.06. The minimum atomic E-state index is -0.828. The predicted octanol–water partition coefficient (Wildman–Crippen LogP) is 1.96. The van der Waals surface area contributed by atoms with E-state index < -0.39 is 5.41 Å². The Kier molecular flexibility index (Phi) is 6.95. The normalized spacial score (nSPS) is 18.2. The number of oxime groups is 1. The van der Waals surface area contributed by atoms with Crippen LogP contribution in [0.25, 0.3) is 0 Å². The Morgan fingerprint density at radius 1 is 1.38 bits per heavy atom. The van der Waals surface area contributed by atoms with Crippen LogP contribution in [-0.4, -0.2) is 48.2 Å². The maximum Gasteiger partial charge on any atom is 0.236 e. The fraction of sp³-hybridized carbons (Fsp3) is 0.867. The highest BCUT2D eigenvalue weighted by Crippen LogP contribution is 2.40. The third kappa shape index (κ3) is 3.67. The first kappa shape index (κ1) is 17.8. The molecule has 0 radical (unpaired) electrons. The number of nitrogens with zero attached hydrogens (tertiary/aromatic N) is 2. The maximum absolute atomic E-state index is 13.1. The number of amides is 1. The fourth-order valence-electron chi connectivity index (χ4n) is 3.30. The zero-order valence-electron chi connectivity index (χ0n) is 13.5. The lowest BCUT2D eigenvalue weighted by atomic mass is 9.82. The topological polar surface area (TPSA) is 88.2 Å². The molecular weight excluding hydrogens is 270 g/mol. The van der Waals surface area contributed by atoms with Crippen LogP contribution in [0.5, 0.6) is 0 Å². The molecule has 0 heterocycles. The molecule has 0 aliphatic heterocycles. The average molecular weight is 299 g/mol. The predicted molar refractivity (Wildman–Crippen MR) is 82.3 cm³/mol. The molecule has 3 N–H and O–H groups in total. The highest BCUT2D eigenvalue weighted by molar-refractivity contribution is 6.07. The van der Waals surface area contributed by atoms with Crippen LogP contribution in [0.2, 0.25) is 0 Å². The second-order valence-corrected chi connectivity index (χ2v) is 5.74. The average Bonchev–Trinajstić information content (AvgIpc) is 3.00. The number of methoxy groups -OCH3 is 1. The molecule has 0 aromatic carbocycles. The lowest BCUT2D eigenvalue weighted by Crippen LogP contribution is -2.53. The van der Waals surface area contributed by atoms with E-state index in [2.05, 4.69) is 19.0 Å². The zero-order chi connectivity index (χ0) is 15.9. The summed E-state index contributed by atoms with van der Waals surface area (Å²) in [6.45, 7) is 5.19. The first-order valence-corrected chi connectivity index (χ1v) is 7.85. The van der Waals surface area contributed by atoms with Gasteiger partial charge < -0.3 is 20.6 Å². The number of amidine groups is 1. The molecule has 1 aliphatic carbocycles. The van der Waals surface area contributed by atoms with Gasteiger partial charge in [0, 0.05) is 19.7 Å². The summed E-state index contributed by atoms with van der Waals surface area (Å²) in [7, 11) is 1.63. The number of carbonyl (C=O) groups is 1. The molecule has 122 valence electrons. The number of carbonyl (C=O) groups excluding carboxylic acids is 1. The van der Waals surface area contributed by atoms with Crippen LogP contribution < -0.4 is 5.73 Å². The first-order valence-electron chi connectivity index (χ1n) is 7.85. The SMILES string of the molecule is CCC(CC)N(CCOC)C(=O)C1(C(N)=NO)CCCC1. The van der Waals surface area contributed by atoms with Crippen molar-refractivity contribution in [1.29, 1.82) is 0 Å². The largest absolute Gasteiger partial charge is 0.409 e. The van der Waals surface area contributed by atoms with E-state index in [-0.39, 0.29) is 17.8 Å². The van der Waals surface area contributed by atoms with Gasteiger partial charge in [0.2, 0.25) is 5.91 Å². The molecule has 1 saturated carbocycles. The van der Waals surface area contributed by atoms with Gasteiger partial charge in [0.1, 0.15) is 5.41 Å². The molecule has 1 aliphatic rings. The molecule has 0 bridgehead atoms. The standard InChI is InChI=1S/C15H29N3O3/c1-4-12(5-2)18(10-11-21-3)14(19)15(13(16)17-20)8-6-7-9-15/h12,20H,4-11H2,1-3H3,(H2,16,17). The smallest absolute Gasteiger partial charge is 0.236 e. The molecule has 21 heavy (non-hydrogen) atoms. The van der Waals surface area contributed by atoms with E-state index in [4.69, 9.17) is 15.7 Å². The summed E-state index contributed by atoms with van der Waals surface area (Å²) in [6.07, 6.45) is 4.96. The molecule has 1 amide bonds. The van der Waals surface area contributed by atoms with E-state index in [0.717, 1.165) is 25.7 Å². The maximum atomic E-state index is 13.1. The minimum absolute atomic E-state index is 0.0129. The van der Waals surface area contributed by atoms with Crippen LogP contribution >= 0.6 is 0 Å². The summed E-state index contributed by atoms with van der Waals surface area (Å²) in [4.78, 5) is 15.0. The number of hydrogen-bond donors (Lipinski definition) is 2. The van der Waals surface area contributed by atoms with E-state index in [1.54, 1.807) is 7.11 Å². The van der Waals surface area contributed by atoms with Crippen molar-refractivity contribution in [2.75, 3.05) is 20.3 Å². The van der Waals surface area contributed by atoms with Crippen LogP contribution in [0.15, 0.2) is 5.16 Å². The molecule has 6 nitrogen and oxygen atoms in total. The van der Waals surface area contributed by atoms with Crippen molar-refractivity contribution >= 4 is 11.7 Å². The van der Waals surface area contributed by atoms with Crippen molar-refractivity contribution in [3.05, 3.63) is 0 Å². The Labute approximate surface area is 127 Å². The van der Waals surface area contributed by atoms with Crippen LogP contribution in [0.1, 0.15) is 52.4 Å². The quantitative estimate of drug-likeness (QED) is 0.310. The molecule has 0 saturated heterocycles. The second kappa shape index (κ2) is 8.22. The summed E-state index contributed by atoms with van der Waals surface area (Å²) in [5.74, 6) is 0.0411. The van der Waals surface area contributed by atoms with Gasteiger partial charge in [0.05, 0.1) is 6.61 Å². The monoisotopic (exact) mass is 299 g/mol. The van der Waals surface area contributed by atoms with Crippen molar-refractivity contribution in [3.63, 3.8) is 0 Å². The minimum Gasteiger partial charge on any atom is -0.409 e. The van der Waals surface area contributed by atoms with Gasteiger partial charge in [0.15, 0.2) is 5.84 Å². The Morgan fingerprint density at radius 2 is 1.95 bits per heavy atom. The van der Waals surface area contributed by atoms with Gasteiger partial charge in [-0.2, -0.15) is 0 Å². The number of rotatable bonds is 8. The third-order valence-corrected chi connectivity index (χ3v) is 4.64. The van der Waals surface area contributed by atoms with Crippen LogP contribution in [0, 0.1) is 5.41 Å². The van der Waals surface area contributed by atoms with Gasteiger partial charge in [-0.15, -0.1) is 0 Å². The van der Waals surface area contributed by atoms with Gasteiger partial charge in [-0.1, -0.05) is 31.8 Å². The van der Waals surface area contributed by atoms with E-state index in [0.29, 0.717) is 26.0 Å². The molecule has 0 unspecified atom stereocenters. The molecule has 0 aromatic heterocycles. The zero-order valence-corrected chi connectivity index (χ0v) is 13.5. The summed E-state index contributed by atoms with van der Waals surface area (Å²) < 4.78 is 5.14. The summed E-state index contributed by atoms with van der Waals surface area (Å²) in [5, 5.41) is 12.2. The Morgan fingerprint density at radius 3 is 2.38 bits per heavy atom. The third-order valence-electron chi connectivity index (χ3n) is 4.64. The van der Waals surface area contributed by atoms with Gasteiger partial charge >= 0.3 is 0 Å². The van der Waals surface area contributed by atoms with E-state index >= 15 is 0 Å². The molecule has 1 rings (SSSR count). The molecule has 0 atom stereocenters. The molecule has 6 heteroatoms. The van der Waals surface area contributed by atoms with Crippen LogP contribution in [0.3, 0.4) is 0 Å². The van der Waals surface area contributed by atoms with Crippen molar-refractivity contribution in [2.24, 2.45) is 16.3 Å². The van der Waals surface area contributed by atoms with Crippen molar-refractivity contribution < 1.29 is 14.7 Å². The van der Waals surface area contributed by atoms with Gasteiger partial charge in [0.25, 0.3) is 0 Å². The fourth-order valence-corrected chi connectivity index (χ4v) is 3.30. The molecular formula is C15H29N3O3. The lowest BCUT2D eigenvalue weighted by Gasteiger charge is -2.37. The lowest BCUT2D eigenvalue weighted by molar-refractivity contribution is -0.141. The molecule has 0 spiro atoms. The highest BCUT2D eigenvalue weighted by Gasteiger charge is 2.48. The van der Waals surface area contributed by atoms with Gasteiger partial charge in [-0.3, -0.25) is 4.79 Å². The van der Waals surface area contributed by atoms with E-state index in [1.807, 2.05) is 4.90 Å². The summed E-state index contributed by atoms with van der Waals surface area (Å²) in [5.41, 5.74) is 5.06. The first-order chi connectivity index (χ1) is 10.1. The molecule has 0 aromatic rings. The number of hydrogen-bond acceptors (Lipinski definition) is 4. The van der Waals surface area contributed by atoms with Crippen molar-refractivity contribution in [2.45, 2.75) is 58.4 Å². The van der Waals surface area contributed by atoms with E-state index in [9.17, 15) is 4.79 Å². The van der Waals surface area contributed by atoms with Gasteiger partial charge in [-0.05, 0) is 25.7 Å². The second-order valence-electron chi connectivity index (χ2n) is 5.74. The molecule has 1 fully saturated rings. The number of ether oxygens (including phenoxy) is 1. The van der Waals surface area contributed by atoms with Crippen molar-refractivity contribution in [3.8, 4) is 0 Å².